The zero-order valence-electron chi connectivity index (χ0n) is 20.6. The van der Waals surface area contributed by atoms with Gasteiger partial charge in [0.25, 0.3) is 5.91 Å². The number of benzene rings is 2. The molecule has 12 heteroatoms. The predicted molar refractivity (Wildman–Crippen MR) is 148 cm³/mol. The lowest BCUT2D eigenvalue weighted by molar-refractivity contribution is -0.117. The van der Waals surface area contributed by atoms with Gasteiger partial charge in [0.2, 0.25) is 11.8 Å². The van der Waals surface area contributed by atoms with Gasteiger partial charge in [0.1, 0.15) is 21.9 Å². The highest BCUT2D eigenvalue weighted by molar-refractivity contribution is 7.21. The van der Waals surface area contributed by atoms with Gasteiger partial charge in [-0.1, -0.05) is 46.7 Å². The molecule has 2 aromatic heterocycles. The van der Waals surface area contributed by atoms with E-state index in [-0.39, 0.29) is 44.8 Å². The maximum atomic E-state index is 14.8. The van der Waals surface area contributed by atoms with Gasteiger partial charge in [-0.05, 0) is 50.5 Å². The number of nitrogens with one attached hydrogen (secondary N) is 2. The number of pyridine rings is 1. The average Bonchev–Trinajstić information content (AvgIpc) is 3.67. The Kier molecular flexibility index (Phi) is 7.16. The molecular formula is C27H20Cl2FN5O3S. The summed E-state index contributed by atoms with van der Waals surface area (Å²) in [6.45, 7) is 3.36. The number of nitrogens with zero attached hydrogens (tertiary/aromatic N) is 3. The Hall–Kier alpha value is -3.78. The quantitative estimate of drug-likeness (QED) is 0.235. The van der Waals surface area contributed by atoms with E-state index in [9.17, 15) is 19.2 Å². The van der Waals surface area contributed by atoms with Crippen molar-refractivity contribution in [2.75, 3.05) is 10.6 Å². The van der Waals surface area contributed by atoms with Crippen LogP contribution in [0.5, 0.6) is 11.6 Å². The standard InChI is InChI=1S/C27H20Cl2FN5O3S/c1-27(2,12-31)15-5-3-4-14(22(15)29)24(37)32-19-11-20(16(28)10-17(19)30)38-21-9-8-18-25(34-21)39-26(33-18)35-23(36)13-6-7-13/h3-5,8-11,13H,6-7H2,1-2H3,(H,32,37)(H,33,35,36). The normalized spacial score (nSPS) is 13.1. The van der Waals surface area contributed by atoms with Crippen LogP contribution in [0.2, 0.25) is 10.0 Å². The minimum Gasteiger partial charge on any atom is -0.437 e. The first-order valence-electron chi connectivity index (χ1n) is 11.8. The molecule has 1 saturated carbocycles. The molecule has 2 aromatic carbocycles. The molecule has 1 aliphatic carbocycles. The van der Waals surface area contributed by atoms with Gasteiger partial charge in [0.15, 0.2) is 5.13 Å². The molecule has 2 amide bonds. The van der Waals surface area contributed by atoms with Crippen LogP contribution in [0.3, 0.4) is 0 Å². The van der Waals surface area contributed by atoms with Gasteiger partial charge in [-0.2, -0.15) is 5.26 Å². The summed E-state index contributed by atoms with van der Waals surface area (Å²) in [5.41, 5.74) is 0.00548. The van der Waals surface area contributed by atoms with Crippen molar-refractivity contribution in [3.8, 4) is 17.7 Å². The summed E-state index contributed by atoms with van der Waals surface area (Å²) in [6, 6.07) is 12.4. The van der Waals surface area contributed by atoms with Crippen LogP contribution in [0, 0.1) is 23.1 Å². The van der Waals surface area contributed by atoms with Crippen molar-refractivity contribution in [1.82, 2.24) is 9.97 Å². The van der Waals surface area contributed by atoms with Crippen molar-refractivity contribution >= 4 is 67.5 Å². The summed E-state index contributed by atoms with van der Waals surface area (Å²) in [4.78, 5) is 34.4. The molecule has 4 aromatic rings. The Morgan fingerprint density at radius 3 is 2.64 bits per heavy atom. The lowest BCUT2D eigenvalue weighted by Gasteiger charge is -2.19. The van der Waals surface area contributed by atoms with E-state index in [2.05, 4.69) is 26.7 Å². The fraction of sp³-hybridized carbons (Fsp3) is 0.222. The first kappa shape index (κ1) is 26.8. The van der Waals surface area contributed by atoms with Crippen LogP contribution in [0.25, 0.3) is 10.3 Å². The lowest BCUT2D eigenvalue weighted by atomic mass is 9.85. The number of ether oxygens (including phenoxy) is 1. The van der Waals surface area contributed by atoms with E-state index < -0.39 is 17.1 Å². The van der Waals surface area contributed by atoms with E-state index in [4.69, 9.17) is 27.9 Å². The van der Waals surface area contributed by atoms with Crippen LogP contribution in [0.15, 0.2) is 42.5 Å². The minimum atomic E-state index is -0.935. The molecule has 2 N–H and O–H groups in total. The highest BCUT2D eigenvalue weighted by Crippen LogP contribution is 2.37. The van der Waals surface area contributed by atoms with Crippen LogP contribution >= 0.6 is 34.5 Å². The Bertz CT molecular complexity index is 1680. The van der Waals surface area contributed by atoms with Gasteiger partial charge in [-0.15, -0.1) is 0 Å². The smallest absolute Gasteiger partial charge is 0.257 e. The highest BCUT2D eigenvalue weighted by atomic mass is 35.5. The van der Waals surface area contributed by atoms with Crippen molar-refractivity contribution < 1.29 is 18.7 Å². The number of nitriles is 1. The largest absolute Gasteiger partial charge is 0.437 e. The first-order valence-corrected chi connectivity index (χ1v) is 13.4. The van der Waals surface area contributed by atoms with E-state index in [1.807, 2.05) is 0 Å². The average molecular weight is 584 g/mol. The minimum absolute atomic E-state index is 0.0371. The Labute approximate surface area is 236 Å². The third kappa shape index (κ3) is 5.66. The van der Waals surface area contributed by atoms with Crippen molar-refractivity contribution in [1.29, 1.82) is 5.26 Å². The Balaban J connectivity index is 1.37. The van der Waals surface area contributed by atoms with Crippen molar-refractivity contribution in [3.63, 3.8) is 0 Å². The molecule has 0 radical (unpaired) electrons. The summed E-state index contributed by atoms with van der Waals surface area (Å²) >= 11 is 13.9. The number of fused-ring (bicyclic) bond motifs is 1. The van der Waals surface area contributed by atoms with Crippen molar-refractivity contribution in [2.45, 2.75) is 32.1 Å². The fourth-order valence-corrected chi connectivity index (χ4v) is 5.19. The van der Waals surface area contributed by atoms with E-state index in [1.165, 1.54) is 23.5 Å². The summed E-state index contributed by atoms with van der Waals surface area (Å²) < 4.78 is 20.6. The molecule has 1 aliphatic rings. The van der Waals surface area contributed by atoms with Gasteiger partial charge < -0.3 is 15.4 Å². The van der Waals surface area contributed by atoms with Gasteiger partial charge in [0, 0.05) is 18.1 Å². The number of hydrogen-bond donors (Lipinski definition) is 2. The van der Waals surface area contributed by atoms with E-state index >= 15 is 0 Å². The molecule has 1 fully saturated rings. The summed E-state index contributed by atoms with van der Waals surface area (Å²) in [6.07, 6.45) is 1.76. The SMILES string of the molecule is CC(C)(C#N)c1cccc(C(=O)Nc2cc(Oc3ccc4nc(NC(=O)C5CC5)sc4n3)c(Cl)cc2F)c1Cl. The van der Waals surface area contributed by atoms with Crippen LogP contribution < -0.4 is 15.4 Å². The molecule has 0 atom stereocenters. The molecule has 5 rings (SSSR count). The molecule has 0 aliphatic heterocycles. The number of halogens is 3. The number of carbonyl (C=O) groups excluding carboxylic acids is 2. The van der Waals surface area contributed by atoms with Gasteiger partial charge >= 0.3 is 0 Å². The predicted octanol–water partition coefficient (Wildman–Crippen LogP) is 7.33. The maximum absolute atomic E-state index is 14.8. The van der Waals surface area contributed by atoms with Gasteiger partial charge in [0.05, 0.1) is 32.8 Å². The van der Waals surface area contributed by atoms with E-state index in [0.29, 0.717) is 21.0 Å². The van der Waals surface area contributed by atoms with Crippen molar-refractivity contribution in [3.05, 3.63) is 69.5 Å². The van der Waals surface area contributed by atoms with E-state index in [0.717, 1.165) is 18.9 Å². The number of anilines is 2. The molecule has 0 unspecified atom stereocenters. The zero-order chi connectivity index (χ0) is 27.9. The third-order valence-electron chi connectivity index (χ3n) is 6.09. The molecular weight excluding hydrogens is 564 g/mol. The first-order chi connectivity index (χ1) is 18.6. The molecule has 198 valence electrons. The monoisotopic (exact) mass is 583 g/mol. The number of amides is 2. The van der Waals surface area contributed by atoms with Crippen molar-refractivity contribution in [2.24, 2.45) is 5.92 Å². The number of carbonyl (C=O) groups is 2. The summed E-state index contributed by atoms with van der Waals surface area (Å²) in [5.74, 6) is -1.26. The van der Waals surface area contributed by atoms with Crippen LogP contribution in [-0.4, -0.2) is 21.8 Å². The van der Waals surface area contributed by atoms with Crippen LogP contribution in [0.1, 0.15) is 42.6 Å². The molecule has 0 saturated heterocycles. The second kappa shape index (κ2) is 10.4. The number of hydrogen-bond acceptors (Lipinski definition) is 7. The second-order valence-corrected chi connectivity index (χ2v) is 11.2. The topological polar surface area (TPSA) is 117 Å². The molecule has 0 spiro atoms. The fourth-order valence-electron chi connectivity index (χ4n) is 3.72. The molecule has 2 heterocycles. The Morgan fingerprint density at radius 2 is 1.92 bits per heavy atom. The lowest BCUT2D eigenvalue weighted by Crippen LogP contribution is -2.19. The molecule has 8 nitrogen and oxygen atoms in total. The van der Waals surface area contributed by atoms with Gasteiger partial charge in [-0.25, -0.2) is 14.4 Å². The summed E-state index contributed by atoms with van der Waals surface area (Å²) in [7, 11) is 0. The highest BCUT2D eigenvalue weighted by Gasteiger charge is 2.30. The molecule has 39 heavy (non-hydrogen) atoms. The number of rotatable bonds is 7. The van der Waals surface area contributed by atoms with Gasteiger partial charge in [-0.3, -0.25) is 9.59 Å². The second-order valence-electron chi connectivity index (χ2n) is 9.48. The third-order valence-corrected chi connectivity index (χ3v) is 7.67. The Morgan fingerprint density at radius 1 is 1.15 bits per heavy atom. The van der Waals surface area contributed by atoms with Crippen LogP contribution in [0.4, 0.5) is 15.2 Å². The number of thiazole rings is 1. The molecule has 0 bridgehead atoms. The summed E-state index contributed by atoms with van der Waals surface area (Å²) in [5, 5.41) is 15.3. The zero-order valence-corrected chi connectivity index (χ0v) is 23.0. The van der Waals surface area contributed by atoms with Crippen LogP contribution in [-0.2, 0) is 10.2 Å². The maximum Gasteiger partial charge on any atom is 0.257 e. The van der Waals surface area contributed by atoms with E-state index in [1.54, 1.807) is 38.1 Å². The number of aromatic nitrogens is 2.